The molecular formula is C25H33ClN2O3. The lowest BCUT2D eigenvalue weighted by molar-refractivity contribution is -0.143. The van der Waals surface area contributed by atoms with Gasteiger partial charge in [-0.05, 0) is 61.6 Å². The molecule has 0 radical (unpaired) electrons. The number of ether oxygens (including phenoxy) is 1. The highest BCUT2D eigenvalue weighted by Crippen LogP contribution is 2.21. The highest BCUT2D eigenvalue weighted by molar-refractivity contribution is 6.31. The monoisotopic (exact) mass is 444 g/mol. The van der Waals surface area contributed by atoms with Crippen LogP contribution in [0.5, 0.6) is 5.75 Å². The van der Waals surface area contributed by atoms with Gasteiger partial charge in [0.05, 0.1) is 0 Å². The molecule has 1 atom stereocenters. The van der Waals surface area contributed by atoms with Gasteiger partial charge in [-0.25, -0.2) is 0 Å². The van der Waals surface area contributed by atoms with E-state index in [1.54, 1.807) is 23.1 Å². The van der Waals surface area contributed by atoms with Crippen LogP contribution < -0.4 is 10.1 Å². The maximum atomic E-state index is 13.2. The van der Waals surface area contributed by atoms with Crippen molar-refractivity contribution in [3.05, 3.63) is 64.2 Å². The highest BCUT2D eigenvalue weighted by atomic mass is 35.5. The number of hydrogen-bond donors (Lipinski definition) is 1. The average Bonchev–Trinajstić information content (AvgIpc) is 2.75. The third-order valence-corrected chi connectivity index (χ3v) is 5.73. The van der Waals surface area contributed by atoms with Crippen molar-refractivity contribution in [1.82, 2.24) is 10.2 Å². The van der Waals surface area contributed by atoms with E-state index >= 15 is 0 Å². The van der Waals surface area contributed by atoms with Crippen molar-refractivity contribution in [1.29, 1.82) is 0 Å². The molecule has 31 heavy (non-hydrogen) atoms. The molecular weight excluding hydrogens is 412 g/mol. The van der Waals surface area contributed by atoms with Crippen molar-refractivity contribution < 1.29 is 14.3 Å². The normalized spacial score (nSPS) is 11.6. The van der Waals surface area contributed by atoms with Gasteiger partial charge in [-0.2, -0.15) is 0 Å². The molecule has 1 N–H and O–H groups in total. The summed E-state index contributed by atoms with van der Waals surface area (Å²) in [5.41, 5.74) is 2.97. The molecule has 1 unspecified atom stereocenters. The second-order valence-corrected chi connectivity index (χ2v) is 8.12. The smallest absolute Gasteiger partial charge is 0.261 e. The van der Waals surface area contributed by atoms with Crippen molar-refractivity contribution in [3.63, 3.8) is 0 Å². The van der Waals surface area contributed by atoms with Crippen molar-refractivity contribution in [2.75, 3.05) is 13.2 Å². The Labute approximate surface area is 190 Å². The van der Waals surface area contributed by atoms with E-state index in [2.05, 4.69) is 12.2 Å². The molecule has 0 aliphatic heterocycles. The lowest BCUT2D eigenvalue weighted by Crippen LogP contribution is -2.50. The van der Waals surface area contributed by atoms with Crippen molar-refractivity contribution in [2.24, 2.45) is 0 Å². The quantitative estimate of drug-likeness (QED) is 0.493. The summed E-state index contributed by atoms with van der Waals surface area (Å²) in [4.78, 5) is 27.7. The molecule has 0 bridgehead atoms. The molecule has 5 nitrogen and oxygen atoms in total. The number of nitrogens with zero attached hydrogens (tertiary/aromatic N) is 1. The van der Waals surface area contributed by atoms with E-state index in [0.717, 1.165) is 29.5 Å². The third-order valence-electron chi connectivity index (χ3n) is 5.31. The van der Waals surface area contributed by atoms with Crippen molar-refractivity contribution in [2.45, 2.75) is 59.5 Å². The Hall–Kier alpha value is -2.53. The SMILES string of the molecule is CCCCNC(=O)C(CC)N(Cc1ccccc1C)C(=O)COc1ccc(Cl)c(C)c1. The largest absolute Gasteiger partial charge is 0.484 e. The van der Waals surface area contributed by atoms with Gasteiger partial charge >= 0.3 is 0 Å². The zero-order valence-electron chi connectivity index (χ0n) is 18.9. The Balaban J connectivity index is 2.20. The molecule has 0 aliphatic carbocycles. The van der Waals surface area contributed by atoms with Crippen LogP contribution >= 0.6 is 11.6 Å². The maximum absolute atomic E-state index is 13.2. The van der Waals surface area contributed by atoms with E-state index in [0.29, 0.717) is 30.3 Å². The fourth-order valence-electron chi connectivity index (χ4n) is 3.33. The molecule has 2 rings (SSSR count). The van der Waals surface area contributed by atoms with Crippen LogP contribution in [0.1, 0.15) is 49.8 Å². The molecule has 6 heteroatoms. The average molecular weight is 445 g/mol. The first-order valence-corrected chi connectivity index (χ1v) is 11.3. The molecule has 168 valence electrons. The zero-order chi connectivity index (χ0) is 22.8. The number of carbonyl (C=O) groups excluding carboxylic acids is 2. The number of unbranched alkanes of at least 4 members (excludes halogenated alkanes) is 1. The Kier molecular flexibility index (Phi) is 9.86. The Morgan fingerprint density at radius 3 is 2.48 bits per heavy atom. The fraction of sp³-hybridized carbons (Fsp3) is 0.440. The fourth-order valence-corrected chi connectivity index (χ4v) is 3.45. The maximum Gasteiger partial charge on any atom is 0.261 e. The number of amides is 2. The van der Waals surface area contributed by atoms with Crippen molar-refractivity contribution >= 4 is 23.4 Å². The molecule has 2 amide bonds. The summed E-state index contributed by atoms with van der Waals surface area (Å²) < 4.78 is 5.74. The molecule has 0 saturated heterocycles. The second kappa shape index (κ2) is 12.4. The summed E-state index contributed by atoms with van der Waals surface area (Å²) in [6.07, 6.45) is 2.43. The molecule has 0 heterocycles. The Morgan fingerprint density at radius 2 is 1.84 bits per heavy atom. The first-order valence-electron chi connectivity index (χ1n) is 10.9. The highest BCUT2D eigenvalue weighted by Gasteiger charge is 2.29. The van der Waals surface area contributed by atoms with Crippen molar-refractivity contribution in [3.8, 4) is 5.75 Å². The number of aryl methyl sites for hydroxylation is 2. The van der Waals surface area contributed by atoms with Gasteiger partial charge in [0.1, 0.15) is 11.8 Å². The molecule has 0 spiro atoms. The van der Waals surface area contributed by atoms with Crippen LogP contribution in [-0.4, -0.2) is 35.9 Å². The Morgan fingerprint density at radius 1 is 1.10 bits per heavy atom. The minimum Gasteiger partial charge on any atom is -0.484 e. The van der Waals surface area contributed by atoms with E-state index in [1.165, 1.54) is 0 Å². The van der Waals surface area contributed by atoms with E-state index in [-0.39, 0.29) is 18.4 Å². The number of carbonyl (C=O) groups is 2. The van der Waals surface area contributed by atoms with Crippen LogP contribution in [0, 0.1) is 13.8 Å². The lowest BCUT2D eigenvalue weighted by atomic mass is 10.1. The number of nitrogens with one attached hydrogen (secondary N) is 1. The summed E-state index contributed by atoms with van der Waals surface area (Å²) in [6, 6.07) is 12.6. The van der Waals surface area contributed by atoms with Gasteiger partial charge in [-0.1, -0.05) is 56.1 Å². The summed E-state index contributed by atoms with van der Waals surface area (Å²) in [7, 11) is 0. The molecule has 2 aromatic carbocycles. The summed E-state index contributed by atoms with van der Waals surface area (Å²) in [6.45, 7) is 8.71. The summed E-state index contributed by atoms with van der Waals surface area (Å²) in [5.74, 6) is 0.222. The van der Waals surface area contributed by atoms with E-state index in [9.17, 15) is 9.59 Å². The number of rotatable bonds is 11. The first kappa shape index (κ1) is 24.7. The van der Waals surface area contributed by atoms with Gasteiger partial charge in [0.2, 0.25) is 5.91 Å². The van der Waals surface area contributed by atoms with Crippen LogP contribution in [0.2, 0.25) is 5.02 Å². The Bertz CT molecular complexity index is 885. The topological polar surface area (TPSA) is 58.6 Å². The minimum atomic E-state index is -0.556. The lowest BCUT2D eigenvalue weighted by Gasteiger charge is -2.31. The molecule has 0 aromatic heterocycles. The van der Waals surface area contributed by atoms with Crippen LogP contribution in [0.4, 0.5) is 0 Å². The van der Waals surface area contributed by atoms with E-state index < -0.39 is 6.04 Å². The van der Waals surface area contributed by atoms with Gasteiger partial charge in [0.15, 0.2) is 6.61 Å². The number of halogens is 1. The van der Waals surface area contributed by atoms with Crippen LogP contribution in [0.3, 0.4) is 0 Å². The first-order chi connectivity index (χ1) is 14.9. The van der Waals surface area contributed by atoms with Crippen LogP contribution in [0.25, 0.3) is 0 Å². The third kappa shape index (κ3) is 7.28. The van der Waals surface area contributed by atoms with Gasteiger partial charge in [-0.15, -0.1) is 0 Å². The minimum absolute atomic E-state index is 0.125. The standard InChI is InChI=1S/C25H33ClN2O3/c1-5-7-14-27-25(30)23(6-2)28(16-20-11-9-8-10-18(20)3)24(29)17-31-21-12-13-22(26)19(4)15-21/h8-13,15,23H,5-7,14,16-17H2,1-4H3,(H,27,30). The molecule has 0 saturated carbocycles. The second-order valence-electron chi connectivity index (χ2n) is 7.72. The molecule has 2 aromatic rings. The van der Waals surface area contributed by atoms with Gasteiger partial charge in [0.25, 0.3) is 5.91 Å². The molecule has 0 fully saturated rings. The van der Waals surface area contributed by atoms with Crippen LogP contribution in [-0.2, 0) is 16.1 Å². The van der Waals surface area contributed by atoms with Crippen LogP contribution in [0.15, 0.2) is 42.5 Å². The van der Waals surface area contributed by atoms with Gasteiger partial charge < -0.3 is 15.0 Å². The van der Waals surface area contributed by atoms with E-state index in [4.69, 9.17) is 16.3 Å². The molecule has 0 aliphatic rings. The zero-order valence-corrected chi connectivity index (χ0v) is 19.7. The van der Waals surface area contributed by atoms with E-state index in [1.807, 2.05) is 45.0 Å². The number of hydrogen-bond acceptors (Lipinski definition) is 3. The summed E-state index contributed by atoms with van der Waals surface area (Å²) >= 11 is 6.07. The number of benzene rings is 2. The predicted molar refractivity (Wildman–Crippen MR) is 125 cm³/mol. The summed E-state index contributed by atoms with van der Waals surface area (Å²) in [5, 5.41) is 3.62. The van der Waals surface area contributed by atoms with Gasteiger partial charge in [-0.3, -0.25) is 9.59 Å². The van der Waals surface area contributed by atoms with Gasteiger partial charge in [0, 0.05) is 18.1 Å². The predicted octanol–water partition coefficient (Wildman–Crippen LogP) is 5.06.